The van der Waals surface area contributed by atoms with Crippen molar-refractivity contribution >= 4 is 11.5 Å². The third-order valence-electron chi connectivity index (χ3n) is 3.55. The molecular formula is C14H26N4. The molecule has 1 aromatic heterocycles. The Morgan fingerprint density at radius 3 is 2.61 bits per heavy atom. The molecule has 0 radical (unpaired) electrons. The zero-order valence-electron chi connectivity index (χ0n) is 11.9. The summed E-state index contributed by atoms with van der Waals surface area (Å²) in [5, 5.41) is 4.58. The van der Waals surface area contributed by atoms with Gasteiger partial charge in [-0.3, -0.25) is 0 Å². The van der Waals surface area contributed by atoms with Crippen molar-refractivity contribution in [2.75, 3.05) is 23.7 Å². The molecule has 0 bridgehead atoms. The van der Waals surface area contributed by atoms with Crippen LogP contribution in [0, 0.1) is 12.8 Å². The van der Waals surface area contributed by atoms with Gasteiger partial charge < -0.3 is 10.6 Å². The van der Waals surface area contributed by atoms with Crippen molar-refractivity contribution in [3.8, 4) is 0 Å². The lowest BCUT2D eigenvalue weighted by Crippen LogP contribution is -2.29. The maximum Gasteiger partial charge on any atom is 0.150 e. The average Bonchev–Trinajstić information content (AvgIpc) is 3.08. The molecule has 1 aromatic rings. The number of aryl methyl sites for hydroxylation is 2. The van der Waals surface area contributed by atoms with Crippen LogP contribution in [0.2, 0.25) is 0 Å². The zero-order chi connectivity index (χ0) is 13.1. The smallest absolute Gasteiger partial charge is 0.150 e. The molecule has 1 fully saturated rings. The van der Waals surface area contributed by atoms with E-state index in [0.717, 1.165) is 55.6 Å². The number of nitrogens with zero attached hydrogens (tertiary/aromatic N) is 3. The summed E-state index contributed by atoms with van der Waals surface area (Å²) in [7, 11) is 0. The maximum atomic E-state index is 6.24. The van der Waals surface area contributed by atoms with Crippen LogP contribution >= 0.6 is 0 Å². The molecule has 0 amide bonds. The molecule has 0 atom stereocenters. The van der Waals surface area contributed by atoms with Crippen LogP contribution in [0.1, 0.15) is 45.2 Å². The minimum absolute atomic E-state index is 0.873. The van der Waals surface area contributed by atoms with Gasteiger partial charge in [0.15, 0.2) is 5.82 Å². The van der Waals surface area contributed by atoms with E-state index in [2.05, 4.69) is 28.5 Å². The molecule has 0 aliphatic heterocycles. The molecule has 2 rings (SSSR count). The van der Waals surface area contributed by atoms with E-state index < -0.39 is 0 Å². The lowest BCUT2D eigenvalue weighted by Gasteiger charge is -2.25. The number of hydrogen-bond donors (Lipinski definition) is 1. The summed E-state index contributed by atoms with van der Waals surface area (Å²) < 4.78 is 2.10. The van der Waals surface area contributed by atoms with Gasteiger partial charge in [-0.15, -0.1) is 0 Å². The van der Waals surface area contributed by atoms with Crippen molar-refractivity contribution < 1.29 is 0 Å². The van der Waals surface area contributed by atoms with E-state index in [4.69, 9.17) is 5.73 Å². The first-order valence-corrected chi connectivity index (χ1v) is 7.25. The number of rotatable bonds is 7. The van der Waals surface area contributed by atoms with Gasteiger partial charge in [0.05, 0.1) is 11.4 Å². The lowest BCUT2D eigenvalue weighted by atomic mass is 10.3. The highest BCUT2D eigenvalue weighted by molar-refractivity contribution is 5.66. The third-order valence-corrected chi connectivity index (χ3v) is 3.55. The summed E-state index contributed by atoms with van der Waals surface area (Å²) in [6.45, 7) is 9.60. The second-order valence-corrected chi connectivity index (χ2v) is 5.44. The van der Waals surface area contributed by atoms with Crippen LogP contribution in [0.25, 0.3) is 0 Å². The van der Waals surface area contributed by atoms with Gasteiger partial charge in [0, 0.05) is 19.6 Å². The van der Waals surface area contributed by atoms with Gasteiger partial charge in [0.1, 0.15) is 0 Å². The number of hydrogen-bond acceptors (Lipinski definition) is 3. The number of anilines is 2. The Balaban J connectivity index is 2.25. The molecule has 0 aromatic carbocycles. The van der Waals surface area contributed by atoms with Crippen molar-refractivity contribution in [1.29, 1.82) is 0 Å². The predicted molar refractivity (Wildman–Crippen MR) is 76.9 cm³/mol. The summed E-state index contributed by atoms with van der Waals surface area (Å²) in [6, 6.07) is 0. The van der Waals surface area contributed by atoms with Gasteiger partial charge in [0.2, 0.25) is 0 Å². The maximum absolute atomic E-state index is 6.24. The fourth-order valence-electron chi connectivity index (χ4n) is 2.45. The molecule has 18 heavy (non-hydrogen) atoms. The second-order valence-electron chi connectivity index (χ2n) is 5.44. The molecule has 4 heteroatoms. The van der Waals surface area contributed by atoms with Crippen LogP contribution in [0.4, 0.5) is 11.5 Å². The summed E-state index contributed by atoms with van der Waals surface area (Å²) in [4.78, 5) is 2.45. The first-order chi connectivity index (χ1) is 8.67. The van der Waals surface area contributed by atoms with Gasteiger partial charge in [-0.1, -0.05) is 13.8 Å². The Bertz CT molecular complexity index is 393. The van der Waals surface area contributed by atoms with Gasteiger partial charge in [-0.2, -0.15) is 5.10 Å². The monoisotopic (exact) mass is 250 g/mol. The fraction of sp³-hybridized carbons (Fsp3) is 0.786. The molecule has 1 aliphatic carbocycles. The van der Waals surface area contributed by atoms with Crippen molar-refractivity contribution in [2.45, 2.75) is 53.0 Å². The molecule has 0 saturated heterocycles. The van der Waals surface area contributed by atoms with Crippen molar-refractivity contribution in [3.63, 3.8) is 0 Å². The molecule has 1 aliphatic rings. The average molecular weight is 250 g/mol. The Labute approximate surface area is 110 Å². The van der Waals surface area contributed by atoms with E-state index in [9.17, 15) is 0 Å². The second kappa shape index (κ2) is 5.63. The van der Waals surface area contributed by atoms with Crippen molar-refractivity contribution in [3.05, 3.63) is 5.69 Å². The number of aromatic nitrogens is 2. The van der Waals surface area contributed by atoms with Gasteiger partial charge in [0.25, 0.3) is 0 Å². The van der Waals surface area contributed by atoms with E-state index in [1.807, 2.05) is 6.92 Å². The summed E-state index contributed by atoms with van der Waals surface area (Å²) >= 11 is 0. The van der Waals surface area contributed by atoms with Gasteiger partial charge in [-0.05, 0) is 38.5 Å². The predicted octanol–water partition coefficient (Wildman–Crippen LogP) is 2.81. The number of nitrogen functional groups attached to an aromatic ring is 1. The molecule has 2 N–H and O–H groups in total. The molecule has 0 spiro atoms. The molecule has 4 nitrogen and oxygen atoms in total. The summed E-state index contributed by atoms with van der Waals surface area (Å²) in [6.07, 6.45) is 5.00. The van der Waals surface area contributed by atoms with E-state index >= 15 is 0 Å². The summed E-state index contributed by atoms with van der Waals surface area (Å²) in [5.74, 6) is 2.03. The molecule has 102 valence electrons. The first kappa shape index (κ1) is 13.2. The quantitative estimate of drug-likeness (QED) is 0.809. The minimum atomic E-state index is 0.873. The van der Waals surface area contributed by atoms with Crippen LogP contribution in [0.3, 0.4) is 0 Å². The largest absolute Gasteiger partial charge is 0.394 e. The Hall–Kier alpha value is -1.19. The van der Waals surface area contributed by atoms with E-state index in [-0.39, 0.29) is 0 Å². The van der Waals surface area contributed by atoms with E-state index in [1.165, 1.54) is 12.8 Å². The lowest BCUT2D eigenvalue weighted by molar-refractivity contribution is 0.576. The van der Waals surface area contributed by atoms with E-state index in [1.54, 1.807) is 0 Å². The third kappa shape index (κ3) is 2.79. The Morgan fingerprint density at radius 2 is 2.06 bits per heavy atom. The van der Waals surface area contributed by atoms with Gasteiger partial charge in [-0.25, -0.2) is 4.68 Å². The molecule has 1 heterocycles. The molecular weight excluding hydrogens is 224 g/mol. The van der Waals surface area contributed by atoms with Crippen molar-refractivity contribution in [1.82, 2.24) is 9.78 Å². The highest BCUT2D eigenvalue weighted by Gasteiger charge is 2.27. The standard InChI is InChI=1S/C14H26N4/c1-4-8-17(10-12-6-7-12)14-13(15)11(3)16-18(14)9-5-2/h12H,4-10,15H2,1-3H3. The summed E-state index contributed by atoms with van der Waals surface area (Å²) in [5.41, 5.74) is 8.08. The van der Waals surface area contributed by atoms with Crippen LogP contribution in [0.15, 0.2) is 0 Å². The number of nitrogens with two attached hydrogens (primary N) is 1. The van der Waals surface area contributed by atoms with Crippen LogP contribution < -0.4 is 10.6 Å². The fourth-order valence-corrected chi connectivity index (χ4v) is 2.45. The highest BCUT2D eigenvalue weighted by Crippen LogP contribution is 2.34. The Kier molecular flexibility index (Phi) is 4.15. The molecule has 0 unspecified atom stereocenters. The zero-order valence-corrected chi connectivity index (χ0v) is 11.9. The molecule has 1 saturated carbocycles. The van der Waals surface area contributed by atoms with Gasteiger partial charge >= 0.3 is 0 Å². The van der Waals surface area contributed by atoms with E-state index in [0.29, 0.717) is 0 Å². The first-order valence-electron chi connectivity index (χ1n) is 7.25. The minimum Gasteiger partial charge on any atom is -0.394 e. The Morgan fingerprint density at radius 1 is 1.33 bits per heavy atom. The van der Waals surface area contributed by atoms with Crippen LogP contribution in [-0.2, 0) is 6.54 Å². The van der Waals surface area contributed by atoms with Crippen LogP contribution in [0.5, 0.6) is 0 Å². The van der Waals surface area contributed by atoms with Crippen LogP contribution in [-0.4, -0.2) is 22.9 Å². The normalized spacial score (nSPS) is 15.1. The van der Waals surface area contributed by atoms with Crippen molar-refractivity contribution in [2.24, 2.45) is 5.92 Å². The topological polar surface area (TPSA) is 47.1 Å². The highest BCUT2D eigenvalue weighted by atomic mass is 15.4. The SMILES string of the molecule is CCCN(CC1CC1)c1c(N)c(C)nn1CCC.